The van der Waals surface area contributed by atoms with Crippen molar-refractivity contribution in [2.24, 2.45) is 0 Å². The van der Waals surface area contributed by atoms with E-state index in [0.29, 0.717) is 23.7 Å². The van der Waals surface area contributed by atoms with Gasteiger partial charge in [-0.3, -0.25) is 29.4 Å². The lowest BCUT2D eigenvalue weighted by molar-refractivity contribution is -0.136. The van der Waals surface area contributed by atoms with Crippen LogP contribution in [-0.4, -0.2) is 52.7 Å². The molecule has 3 heterocycles. The van der Waals surface area contributed by atoms with Gasteiger partial charge in [-0.2, -0.15) is 0 Å². The van der Waals surface area contributed by atoms with Crippen molar-refractivity contribution in [1.82, 2.24) is 20.9 Å². The van der Waals surface area contributed by atoms with E-state index in [1.807, 2.05) is 6.07 Å². The summed E-state index contributed by atoms with van der Waals surface area (Å²) < 4.78 is 0. The van der Waals surface area contributed by atoms with Crippen LogP contribution in [0.5, 0.6) is 0 Å². The smallest absolute Gasteiger partial charge is 0.262 e. The molecule has 0 bridgehead atoms. The van der Waals surface area contributed by atoms with Crippen molar-refractivity contribution in [3.8, 4) is 0 Å². The summed E-state index contributed by atoms with van der Waals surface area (Å²) in [5.41, 5.74) is 1.66. The van der Waals surface area contributed by atoms with Crippen LogP contribution >= 0.6 is 0 Å². The number of imide groups is 2. The second kappa shape index (κ2) is 7.28. The lowest BCUT2D eigenvalue weighted by Gasteiger charge is -2.51. The van der Waals surface area contributed by atoms with Gasteiger partial charge in [0.05, 0.1) is 11.1 Å². The second-order valence-electron chi connectivity index (χ2n) is 8.80. The molecular weight excluding hydrogens is 384 g/mol. The summed E-state index contributed by atoms with van der Waals surface area (Å²) >= 11 is 0. The number of fused-ring (bicyclic) bond motifs is 1. The first-order valence-electron chi connectivity index (χ1n) is 10.8. The zero-order chi connectivity index (χ0) is 20.9. The third kappa shape index (κ3) is 2.97. The van der Waals surface area contributed by atoms with Gasteiger partial charge in [0.25, 0.3) is 11.8 Å². The quantitative estimate of drug-likeness (QED) is 0.636. The van der Waals surface area contributed by atoms with E-state index in [0.717, 1.165) is 42.7 Å². The summed E-state index contributed by atoms with van der Waals surface area (Å²) in [6.45, 7) is 1.55. The van der Waals surface area contributed by atoms with E-state index < -0.39 is 23.8 Å². The molecule has 0 aromatic heterocycles. The highest BCUT2D eigenvalue weighted by molar-refractivity contribution is 6.24. The summed E-state index contributed by atoms with van der Waals surface area (Å²) in [6.07, 6.45) is 6.07. The molecule has 1 aromatic rings. The predicted octanol–water partition coefficient (Wildman–Crippen LogP) is 0.852. The first-order chi connectivity index (χ1) is 14.5. The third-order valence-electron chi connectivity index (χ3n) is 7.15. The number of carbonyl (C=O) groups excluding carboxylic acids is 4. The number of piperidine rings is 2. The third-order valence-corrected chi connectivity index (χ3v) is 7.15. The Balaban J connectivity index is 1.37. The van der Waals surface area contributed by atoms with Crippen LogP contribution in [0.3, 0.4) is 0 Å². The van der Waals surface area contributed by atoms with E-state index in [-0.39, 0.29) is 24.3 Å². The van der Waals surface area contributed by atoms with E-state index >= 15 is 0 Å². The van der Waals surface area contributed by atoms with Gasteiger partial charge in [-0.05, 0) is 56.7 Å². The highest BCUT2D eigenvalue weighted by Crippen LogP contribution is 2.39. The molecule has 0 radical (unpaired) electrons. The highest BCUT2D eigenvalue weighted by Gasteiger charge is 2.47. The molecule has 3 N–H and O–H groups in total. The van der Waals surface area contributed by atoms with Crippen LogP contribution in [0.15, 0.2) is 18.2 Å². The molecule has 4 amide bonds. The fraction of sp³-hybridized carbons (Fsp3) is 0.545. The van der Waals surface area contributed by atoms with E-state index in [1.165, 1.54) is 6.42 Å². The maximum atomic E-state index is 13.2. The zero-order valence-corrected chi connectivity index (χ0v) is 16.8. The molecule has 3 aliphatic heterocycles. The van der Waals surface area contributed by atoms with Crippen LogP contribution in [0.1, 0.15) is 71.2 Å². The van der Waals surface area contributed by atoms with Crippen LogP contribution in [0.25, 0.3) is 0 Å². The van der Waals surface area contributed by atoms with E-state index in [2.05, 4.69) is 16.0 Å². The number of benzene rings is 1. The molecule has 2 saturated heterocycles. The topological polar surface area (TPSA) is 108 Å². The minimum Gasteiger partial charge on any atom is -0.310 e. The van der Waals surface area contributed by atoms with Gasteiger partial charge in [0.1, 0.15) is 6.04 Å². The minimum atomic E-state index is -0.934. The monoisotopic (exact) mass is 410 g/mol. The van der Waals surface area contributed by atoms with Crippen molar-refractivity contribution >= 4 is 23.6 Å². The van der Waals surface area contributed by atoms with Crippen LogP contribution in [-0.2, 0) is 16.1 Å². The standard InChI is InChI=1S/C22H26N4O4/c27-17-8-7-15(19(28)25-17)26-20(29)14-5-1-4-13(18(14)21(26)30)12-23-16-6-2-11-24-22(16)9-3-10-22/h1,4-5,15-16,23-24H,2-3,6-12H2,(H,25,27,28). The summed E-state index contributed by atoms with van der Waals surface area (Å²) in [5, 5.41) is 9.55. The molecule has 1 aliphatic carbocycles. The molecule has 8 heteroatoms. The summed E-state index contributed by atoms with van der Waals surface area (Å²) in [7, 11) is 0. The van der Waals surface area contributed by atoms with Crippen molar-refractivity contribution in [1.29, 1.82) is 0 Å². The van der Waals surface area contributed by atoms with E-state index in [9.17, 15) is 19.2 Å². The molecule has 2 unspecified atom stereocenters. The molecule has 30 heavy (non-hydrogen) atoms. The van der Waals surface area contributed by atoms with Gasteiger partial charge in [0, 0.05) is 24.5 Å². The minimum absolute atomic E-state index is 0.120. The maximum Gasteiger partial charge on any atom is 0.262 e. The Kier molecular flexibility index (Phi) is 4.71. The Hall–Kier alpha value is -2.58. The molecule has 1 aromatic carbocycles. The Labute approximate surface area is 174 Å². The van der Waals surface area contributed by atoms with Gasteiger partial charge in [0.2, 0.25) is 11.8 Å². The Morgan fingerprint density at radius 2 is 1.90 bits per heavy atom. The van der Waals surface area contributed by atoms with Crippen LogP contribution in [0.4, 0.5) is 0 Å². The summed E-state index contributed by atoms with van der Waals surface area (Å²) in [4.78, 5) is 50.9. The number of nitrogens with zero attached hydrogens (tertiary/aromatic N) is 1. The first kappa shape index (κ1) is 19.4. The van der Waals surface area contributed by atoms with Gasteiger partial charge in [-0.15, -0.1) is 0 Å². The van der Waals surface area contributed by atoms with Gasteiger partial charge in [-0.25, -0.2) is 0 Å². The zero-order valence-electron chi connectivity index (χ0n) is 16.8. The molecule has 3 fully saturated rings. The first-order valence-corrected chi connectivity index (χ1v) is 10.8. The number of rotatable bonds is 4. The number of hydrogen-bond donors (Lipinski definition) is 3. The Bertz CT molecular complexity index is 939. The van der Waals surface area contributed by atoms with Gasteiger partial charge in [-0.1, -0.05) is 12.1 Å². The van der Waals surface area contributed by atoms with Gasteiger partial charge in [0.15, 0.2) is 0 Å². The van der Waals surface area contributed by atoms with Crippen molar-refractivity contribution in [3.05, 3.63) is 34.9 Å². The average Bonchev–Trinajstić information content (AvgIpc) is 2.97. The van der Waals surface area contributed by atoms with Crippen molar-refractivity contribution in [2.75, 3.05) is 6.54 Å². The van der Waals surface area contributed by atoms with Crippen molar-refractivity contribution in [2.45, 2.75) is 69.1 Å². The van der Waals surface area contributed by atoms with Crippen LogP contribution < -0.4 is 16.0 Å². The number of nitrogens with one attached hydrogen (secondary N) is 3. The van der Waals surface area contributed by atoms with Gasteiger partial charge >= 0.3 is 0 Å². The molecular formula is C22H26N4O4. The van der Waals surface area contributed by atoms with Crippen LogP contribution in [0, 0.1) is 0 Å². The van der Waals surface area contributed by atoms with Gasteiger partial charge < -0.3 is 10.6 Å². The fourth-order valence-electron chi connectivity index (χ4n) is 5.39. The lowest BCUT2D eigenvalue weighted by atomic mass is 9.68. The Morgan fingerprint density at radius 3 is 2.63 bits per heavy atom. The summed E-state index contributed by atoms with van der Waals surface area (Å²) in [5.74, 6) is -1.85. The van der Waals surface area contributed by atoms with Crippen LogP contribution in [0.2, 0.25) is 0 Å². The van der Waals surface area contributed by atoms with Crippen molar-refractivity contribution < 1.29 is 19.2 Å². The second-order valence-corrected chi connectivity index (χ2v) is 8.80. The lowest BCUT2D eigenvalue weighted by Crippen LogP contribution is -2.66. The average molecular weight is 410 g/mol. The molecule has 4 aliphatic rings. The van der Waals surface area contributed by atoms with E-state index in [1.54, 1.807) is 12.1 Å². The molecule has 158 valence electrons. The predicted molar refractivity (Wildman–Crippen MR) is 108 cm³/mol. The van der Waals surface area contributed by atoms with E-state index in [4.69, 9.17) is 0 Å². The molecule has 1 spiro atoms. The fourth-order valence-corrected chi connectivity index (χ4v) is 5.39. The molecule has 1 saturated carbocycles. The normalized spacial score (nSPS) is 27.8. The number of carbonyl (C=O) groups is 4. The number of amides is 4. The summed E-state index contributed by atoms with van der Waals surface area (Å²) in [6, 6.07) is 4.70. The SMILES string of the molecule is O=C1CCC(N2C(=O)c3cccc(CNC4CCCNC45CCC5)c3C2=O)C(=O)N1. The maximum absolute atomic E-state index is 13.2. The molecule has 2 atom stereocenters. The Morgan fingerprint density at radius 1 is 1.07 bits per heavy atom. The molecule has 5 rings (SSSR count). The largest absolute Gasteiger partial charge is 0.310 e. The molecule has 8 nitrogen and oxygen atoms in total. The number of hydrogen-bond acceptors (Lipinski definition) is 6. The highest BCUT2D eigenvalue weighted by atomic mass is 16.2. The van der Waals surface area contributed by atoms with Crippen molar-refractivity contribution in [3.63, 3.8) is 0 Å².